The van der Waals surface area contributed by atoms with Crippen LogP contribution < -0.4 is 19.1 Å². The molecule has 4 heterocycles. The summed E-state index contributed by atoms with van der Waals surface area (Å²) >= 11 is 1.77. The summed E-state index contributed by atoms with van der Waals surface area (Å²) in [5.74, 6) is 1.05. The Morgan fingerprint density at radius 1 is 1.03 bits per heavy atom. The van der Waals surface area contributed by atoms with Crippen LogP contribution in [0.4, 0.5) is 24.5 Å². The van der Waals surface area contributed by atoms with E-state index in [1.807, 2.05) is 6.07 Å². The standard InChI is InChI=1S/C45H47F3N6O7S2/c1-44(2)16-12-31(37(26-44)29-6-8-32(9-7-29)45(46,47)48)28-52-18-20-53(21-19-52)38-5-3-4-36(41(38)61-34-24-30-13-17-49-42(30)50-27-34)43(55)51-63(58,59)35-10-11-40(39(25-35)54(56)57)60-33-14-22-62-23-15-33/h3-11,13,17,24-25,27,33H,12,14-16,18-23,26,28H2,1-2H3,(H,49,50)(H,51,55). The van der Waals surface area contributed by atoms with Crippen molar-refractivity contribution in [1.82, 2.24) is 19.6 Å². The average molecular weight is 905 g/mol. The fraction of sp³-hybridized carbons (Fsp3) is 0.378. The van der Waals surface area contributed by atoms with Crippen LogP contribution in [-0.2, 0) is 16.2 Å². The number of nitrogens with zero attached hydrogens (tertiary/aromatic N) is 4. The monoisotopic (exact) mass is 904 g/mol. The molecule has 2 aromatic heterocycles. The highest BCUT2D eigenvalue weighted by molar-refractivity contribution is 7.99. The van der Waals surface area contributed by atoms with Gasteiger partial charge in [0.25, 0.3) is 15.9 Å². The van der Waals surface area contributed by atoms with Crippen LogP contribution in [0.2, 0.25) is 0 Å². The minimum absolute atomic E-state index is 0.000461. The van der Waals surface area contributed by atoms with E-state index >= 15 is 0 Å². The van der Waals surface area contributed by atoms with Gasteiger partial charge in [0.1, 0.15) is 17.5 Å². The Labute approximate surface area is 367 Å². The van der Waals surface area contributed by atoms with Crippen molar-refractivity contribution >= 4 is 55.7 Å². The van der Waals surface area contributed by atoms with Crippen molar-refractivity contribution in [3.05, 3.63) is 118 Å². The van der Waals surface area contributed by atoms with Crippen LogP contribution in [0.5, 0.6) is 17.2 Å². The molecule has 0 saturated carbocycles. The number of allylic oxidation sites excluding steroid dienone is 1. The molecule has 0 radical (unpaired) electrons. The van der Waals surface area contributed by atoms with Crippen LogP contribution in [0.15, 0.2) is 95.7 Å². The van der Waals surface area contributed by atoms with Gasteiger partial charge in [-0.3, -0.25) is 19.8 Å². The van der Waals surface area contributed by atoms with E-state index in [2.05, 4.69) is 38.3 Å². The van der Waals surface area contributed by atoms with E-state index in [1.54, 1.807) is 48.3 Å². The third-order valence-corrected chi connectivity index (χ3v) is 14.2. The summed E-state index contributed by atoms with van der Waals surface area (Å²) < 4.78 is 82.1. The number of anilines is 1. The van der Waals surface area contributed by atoms with Gasteiger partial charge in [0.05, 0.1) is 32.8 Å². The van der Waals surface area contributed by atoms with E-state index in [1.165, 1.54) is 30.0 Å². The molecule has 63 heavy (non-hydrogen) atoms. The molecule has 332 valence electrons. The van der Waals surface area contributed by atoms with Gasteiger partial charge in [-0.25, -0.2) is 18.1 Å². The molecule has 3 aromatic carbocycles. The Morgan fingerprint density at radius 2 is 1.78 bits per heavy atom. The number of hydrogen-bond donors (Lipinski definition) is 2. The summed E-state index contributed by atoms with van der Waals surface area (Å²) in [6.45, 7) is 7.27. The van der Waals surface area contributed by atoms with Crippen molar-refractivity contribution in [2.24, 2.45) is 5.41 Å². The number of benzene rings is 3. The summed E-state index contributed by atoms with van der Waals surface area (Å²) in [6.07, 6.45) is 2.52. The van der Waals surface area contributed by atoms with Crippen LogP contribution in [0.1, 0.15) is 67.4 Å². The van der Waals surface area contributed by atoms with Crippen LogP contribution in [0.3, 0.4) is 0 Å². The smallest absolute Gasteiger partial charge is 0.416 e. The van der Waals surface area contributed by atoms with Crippen molar-refractivity contribution < 1.29 is 40.8 Å². The van der Waals surface area contributed by atoms with Crippen molar-refractivity contribution in [1.29, 1.82) is 0 Å². The van der Waals surface area contributed by atoms with E-state index in [0.717, 1.165) is 65.5 Å². The highest BCUT2D eigenvalue weighted by atomic mass is 32.2. The molecule has 2 saturated heterocycles. The van der Waals surface area contributed by atoms with Gasteiger partial charge >= 0.3 is 11.9 Å². The number of fused-ring (bicyclic) bond motifs is 1. The SMILES string of the molecule is CC1(C)CCC(CN2CCN(c3cccc(C(=O)NS(=O)(=O)c4ccc(OC5CCSCC5)c([N+](=O)[O-])c4)c3Oc3cnc4[nH]ccc4c3)CC2)=C(c2ccc(C(F)(F)F)cc2)C1. The lowest BCUT2D eigenvalue weighted by molar-refractivity contribution is -0.386. The molecule has 0 atom stereocenters. The molecule has 8 rings (SSSR count). The van der Waals surface area contributed by atoms with Crippen LogP contribution in [-0.4, -0.2) is 84.4 Å². The number of nitro groups is 1. The second-order valence-electron chi connectivity index (χ2n) is 16.9. The van der Waals surface area contributed by atoms with Gasteiger partial charge in [-0.1, -0.05) is 37.6 Å². The summed E-state index contributed by atoms with van der Waals surface area (Å²) in [5, 5.41) is 12.8. The maximum absolute atomic E-state index is 14.1. The first-order valence-electron chi connectivity index (χ1n) is 20.7. The molecule has 0 unspecified atom stereocenters. The molecule has 0 bridgehead atoms. The summed E-state index contributed by atoms with van der Waals surface area (Å²) in [5.41, 5.74) is 2.95. The molecule has 2 fully saturated rings. The lowest BCUT2D eigenvalue weighted by atomic mass is 9.72. The molecule has 1 amide bonds. The minimum atomic E-state index is -4.63. The number of ether oxygens (including phenoxy) is 2. The van der Waals surface area contributed by atoms with E-state index in [9.17, 15) is 36.5 Å². The summed E-state index contributed by atoms with van der Waals surface area (Å²) in [7, 11) is -4.63. The summed E-state index contributed by atoms with van der Waals surface area (Å²) in [6, 6.07) is 17.2. The zero-order chi connectivity index (χ0) is 44.5. The Hall–Kier alpha value is -5.59. The van der Waals surface area contributed by atoms with Gasteiger partial charge in [0.15, 0.2) is 11.5 Å². The quantitative estimate of drug-likeness (QED) is 0.0907. The lowest BCUT2D eigenvalue weighted by Gasteiger charge is -2.39. The van der Waals surface area contributed by atoms with Crippen molar-refractivity contribution in [2.45, 2.75) is 63.1 Å². The number of aromatic nitrogens is 2. The zero-order valence-corrected chi connectivity index (χ0v) is 36.4. The number of sulfonamides is 1. The third-order valence-electron chi connectivity index (χ3n) is 11.8. The van der Waals surface area contributed by atoms with E-state index in [4.69, 9.17) is 9.47 Å². The first-order chi connectivity index (χ1) is 30.0. The molecule has 3 aliphatic rings. The van der Waals surface area contributed by atoms with Crippen LogP contribution >= 0.6 is 11.8 Å². The van der Waals surface area contributed by atoms with Gasteiger partial charge in [-0.2, -0.15) is 24.9 Å². The van der Waals surface area contributed by atoms with Gasteiger partial charge < -0.3 is 19.4 Å². The number of rotatable bonds is 12. The number of carbonyl (C=O) groups excluding carboxylic acids is 1. The fourth-order valence-corrected chi connectivity index (χ4v) is 10.4. The highest BCUT2D eigenvalue weighted by Gasteiger charge is 2.34. The number of pyridine rings is 1. The Balaban J connectivity index is 1.04. The average Bonchev–Trinajstić information content (AvgIpc) is 3.73. The maximum Gasteiger partial charge on any atom is 0.416 e. The number of nitro benzene ring substituents is 1. The fourth-order valence-electron chi connectivity index (χ4n) is 8.36. The van der Waals surface area contributed by atoms with Crippen LogP contribution in [0.25, 0.3) is 16.6 Å². The first kappa shape index (κ1) is 44.0. The largest absolute Gasteiger partial charge is 0.483 e. The van der Waals surface area contributed by atoms with Gasteiger partial charge in [0.2, 0.25) is 0 Å². The number of alkyl halides is 3. The zero-order valence-electron chi connectivity index (χ0n) is 34.7. The van der Waals surface area contributed by atoms with E-state index in [-0.39, 0.29) is 28.6 Å². The van der Waals surface area contributed by atoms with Gasteiger partial charge in [-0.15, -0.1) is 0 Å². The molecular weight excluding hydrogens is 858 g/mol. The summed E-state index contributed by atoms with van der Waals surface area (Å²) in [4.78, 5) is 36.8. The molecule has 2 N–H and O–H groups in total. The van der Waals surface area contributed by atoms with Crippen LogP contribution in [0, 0.1) is 15.5 Å². The lowest BCUT2D eigenvalue weighted by Crippen LogP contribution is -2.47. The number of halogens is 3. The maximum atomic E-state index is 14.1. The molecule has 18 heteroatoms. The topological polar surface area (TPSA) is 160 Å². The molecule has 5 aromatic rings. The number of carbonyl (C=O) groups is 1. The Bertz CT molecular complexity index is 2660. The molecular formula is C45H47F3N6O7S2. The van der Waals surface area contributed by atoms with E-state index < -0.39 is 43.2 Å². The van der Waals surface area contributed by atoms with Gasteiger partial charge in [0, 0.05) is 50.4 Å². The van der Waals surface area contributed by atoms with Gasteiger partial charge in [-0.05, 0) is 109 Å². The predicted octanol–water partition coefficient (Wildman–Crippen LogP) is 9.46. The van der Waals surface area contributed by atoms with Crippen molar-refractivity contribution in [3.63, 3.8) is 0 Å². The second kappa shape index (κ2) is 17.9. The molecule has 1 aliphatic carbocycles. The number of aromatic amines is 1. The van der Waals surface area contributed by atoms with E-state index in [0.29, 0.717) is 62.6 Å². The second-order valence-corrected chi connectivity index (χ2v) is 19.8. The highest BCUT2D eigenvalue weighted by Crippen LogP contribution is 2.44. The number of thioether (sulfide) groups is 1. The number of amides is 1. The molecule has 13 nitrogen and oxygen atoms in total. The predicted molar refractivity (Wildman–Crippen MR) is 236 cm³/mol. The normalized spacial score (nSPS) is 17.8. The number of para-hydroxylation sites is 1. The number of hydrogen-bond acceptors (Lipinski definition) is 11. The first-order valence-corrected chi connectivity index (χ1v) is 23.4. The Kier molecular flexibility index (Phi) is 12.5. The third kappa shape index (κ3) is 10.1. The van der Waals surface area contributed by atoms with Crippen molar-refractivity contribution in [3.8, 4) is 17.2 Å². The molecule has 2 aliphatic heterocycles. The Morgan fingerprint density at radius 3 is 2.49 bits per heavy atom. The number of H-pyrrole nitrogens is 1. The number of nitrogens with one attached hydrogen (secondary N) is 2. The van der Waals surface area contributed by atoms with Crippen molar-refractivity contribution in [2.75, 3.05) is 49.1 Å². The number of piperazine rings is 1. The molecule has 0 spiro atoms. The minimum Gasteiger partial charge on any atom is -0.483 e.